The number of hydrogen-bond donors (Lipinski definition) is 2. The Labute approximate surface area is 191 Å². The number of carbonyl (C=O) groups is 3. The van der Waals surface area contributed by atoms with Crippen molar-refractivity contribution in [1.29, 1.82) is 0 Å². The average molecular weight is 445 g/mol. The minimum absolute atomic E-state index is 0.0260. The van der Waals surface area contributed by atoms with Crippen molar-refractivity contribution < 1.29 is 18.8 Å². The lowest BCUT2D eigenvalue weighted by atomic mass is 10.1. The van der Waals surface area contributed by atoms with Crippen LogP contribution in [0.15, 0.2) is 72.8 Å². The summed E-state index contributed by atoms with van der Waals surface area (Å²) in [6, 6.07) is 20.5. The maximum Gasteiger partial charge on any atom is 0.253 e. The van der Waals surface area contributed by atoms with Crippen molar-refractivity contribution >= 4 is 29.1 Å². The van der Waals surface area contributed by atoms with Gasteiger partial charge in [0.05, 0.1) is 22.9 Å². The van der Waals surface area contributed by atoms with Crippen LogP contribution in [0.1, 0.15) is 27.9 Å². The molecule has 0 aromatic heterocycles. The fourth-order valence-corrected chi connectivity index (χ4v) is 3.89. The van der Waals surface area contributed by atoms with E-state index in [2.05, 4.69) is 10.6 Å². The molecule has 168 valence electrons. The summed E-state index contributed by atoms with van der Waals surface area (Å²) in [6.07, 6.45) is -0.0260. The fourth-order valence-electron chi connectivity index (χ4n) is 3.89. The van der Waals surface area contributed by atoms with E-state index in [-0.39, 0.29) is 36.4 Å². The van der Waals surface area contributed by atoms with Crippen LogP contribution in [0.3, 0.4) is 0 Å². The van der Waals surface area contributed by atoms with Crippen molar-refractivity contribution in [2.45, 2.75) is 19.9 Å². The summed E-state index contributed by atoms with van der Waals surface area (Å²) >= 11 is 0. The van der Waals surface area contributed by atoms with Crippen molar-refractivity contribution in [3.05, 3.63) is 95.3 Å². The number of nitrogens with one attached hydrogen (secondary N) is 2. The van der Waals surface area contributed by atoms with Crippen LogP contribution in [-0.2, 0) is 16.1 Å². The first kappa shape index (κ1) is 22.2. The molecule has 1 aliphatic heterocycles. The molecule has 1 aliphatic rings. The second-order valence-corrected chi connectivity index (χ2v) is 8.00. The zero-order chi connectivity index (χ0) is 23.4. The van der Waals surface area contributed by atoms with Gasteiger partial charge in [-0.3, -0.25) is 14.4 Å². The summed E-state index contributed by atoms with van der Waals surface area (Å²) in [5, 5.41) is 5.66. The molecule has 0 bridgehead atoms. The minimum Gasteiger partial charge on any atom is -0.348 e. The fraction of sp³-hybridized carbons (Fsp3) is 0.192. The normalized spacial score (nSPS) is 15.4. The molecule has 3 aromatic carbocycles. The number of hydrogen-bond acceptors (Lipinski definition) is 3. The average Bonchev–Trinajstić information content (AvgIpc) is 3.20. The SMILES string of the molecule is Cc1ccccc1CNC(=O)c1ccccc1NC(=O)[C@@H]1CC(=O)N(c2ccccc2F)C1. The Morgan fingerprint density at radius 3 is 2.48 bits per heavy atom. The number of para-hydroxylation sites is 2. The van der Waals surface area contributed by atoms with Gasteiger partial charge in [0.25, 0.3) is 5.91 Å². The van der Waals surface area contributed by atoms with Crippen molar-refractivity contribution in [2.75, 3.05) is 16.8 Å². The number of nitrogens with zero attached hydrogens (tertiary/aromatic N) is 1. The van der Waals surface area contributed by atoms with Gasteiger partial charge in [0, 0.05) is 19.5 Å². The van der Waals surface area contributed by atoms with Gasteiger partial charge >= 0.3 is 0 Å². The van der Waals surface area contributed by atoms with Gasteiger partial charge in [-0.2, -0.15) is 0 Å². The molecule has 7 heteroatoms. The van der Waals surface area contributed by atoms with E-state index in [1.807, 2.05) is 31.2 Å². The summed E-state index contributed by atoms with van der Waals surface area (Å²) in [6.45, 7) is 2.42. The van der Waals surface area contributed by atoms with Gasteiger partial charge in [-0.05, 0) is 42.3 Å². The highest BCUT2D eigenvalue weighted by atomic mass is 19.1. The van der Waals surface area contributed by atoms with Crippen LogP contribution in [0.2, 0.25) is 0 Å². The van der Waals surface area contributed by atoms with Gasteiger partial charge < -0.3 is 15.5 Å². The predicted octanol–water partition coefficient (Wildman–Crippen LogP) is 4.06. The van der Waals surface area contributed by atoms with Crippen LogP contribution in [-0.4, -0.2) is 24.3 Å². The van der Waals surface area contributed by atoms with Crippen LogP contribution in [0.4, 0.5) is 15.8 Å². The topological polar surface area (TPSA) is 78.5 Å². The van der Waals surface area contributed by atoms with Gasteiger partial charge in [0.2, 0.25) is 11.8 Å². The molecule has 1 atom stereocenters. The first-order valence-electron chi connectivity index (χ1n) is 10.7. The van der Waals surface area contributed by atoms with Gasteiger partial charge in [0.15, 0.2) is 0 Å². The first-order chi connectivity index (χ1) is 15.9. The molecule has 0 saturated carbocycles. The Balaban J connectivity index is 1.44. The summed E-state index contributed by atoms with van der Waals surface area (Å²) in [5.74, 6) is -2.18. The van der Waals surface area contributed by atoms with Crippen LogP contribution in [0.5, 0.6) is 0 Å². The highest BCUT2D eigenvalue weighted by Crippen LogP contribution is 2.28. The number of amides is 3. The third-order valence-electron chi connectivity index (χ3n) is 5.77. The molecule has 0 aliphatic carbocycles. The Kier molecular flexibility index (Phi) is 6.49. The monoisotopic (exact) mass is 445 g/mol. The molecular weight excluding hydrogens is 421 g/mol. The lowest BCUT2D eigenvalue weighted by Crippen LogP contribution is -2.30. The van der Waals surface area contributed by atoms with E-state index < -0.39 is 11.7 Å². The second-order valence-electron chi connectivity index (χ2n) is 8.00. The Bertz CT molecular complexity index is 1210. The van der Waals surface area contributed by atoms with E-state index in [1.54, 1.807) is 36.4 Å². The summed E-state index contributed by atoms with van der Waals surface area (Å²) in [7, 11) is 0. The number of rotatable bonds is 6. The van der Waals surface area contributed by atoms with E-state index in [0.717, 1.165) is 11.1 Å². The van der Waals surface area contributed by atoms with Crippen LogP contribution < -0.4 is 15.5 Å². The third-order valence-corrected chi connectivity index (χ3v) is 5.77. The molecule has 1 fully saturated rings. The van der Waals surface area contributed by atoms with E-state index in [1.165, 1.54) is 17.0 Å². The standard InChI is InChI=1S/C26H24FN3O3/c1-17-8-2-3-9-18(17)15-28-26(33)20-10-4-6-12-22(20)29-25(32)19-14-24(31)30(16-19)23-13-7-5-11-21(23)27/h2-13,19H,14-16H2,1H3,(H,28,33)(H,29,32)/t19-/m1/s1. The van der Waals surface area contributed by atoms with Crippen molar-refractivity contribution in [3.63, 3.8) is 0 Å². The Morgan fingerprint density at radius 2 is 1.70 bits per heavy atom. The van der Waals surface area contributed by atoms with Crippen LogP contribution >= 0.6 is 0 Å². The number of anilines is 2. The summed E-state index contributed by atoms with van der Waals surface area (Å²) < 4.78 is 14.1. The summed E-state index contributed by atoms with van der Waals surface area (Å²) in [5.41, 5.74) is 2.93. The molecular formula is C26H24FN3O3. The molecule has 1 saturated heterocycles. The highest BCUT2D eigenvalue weighted by molar-refractivity contribution is 6.07. The molecule has 2 N–H and O–H groups in total. The lowest BCUT2D eigenvalue weighted by Gasteiger charge is -2.18. The maximum atomic E-state index is 14.1. The number of aryl methyl sites for hydroxylation is 1. The molecule has 3 amide bonds. The van der Waals surface area contributed by atoms with E-state index in [4.69, 9.17) is 0 Å². The smallest absolute Gasteiger partial charge is 0.253 e. The van der Waals surface area contributed by atoms with Crippen molar-refractivity contribution in [3.8, 4) is 0 Å². The number of carbonyl (C=O) groups excluding carboxylic acids is 3. The maximum absolute atomic E-state index is 14.1. The van der Waals surface area contributed by atoms with E-state index >= 15 is 0 Å². The van der Waals surface area contributed by atoms with Crippen LogP contribution in [0, 0.1) is 18.7 Å². The molecule has 4 rings (SSSR count). The largest absolute Gasteiger partial charge is 0.348 e. The molecule has 0 unspecified atom stereocenters. The molecule has 0 radical (unpaired) electrons. The number of benzene rings is 3. The zero-order valence-corrected chi connectivity index (χ0v) is 18.2. The predicted molar refractivity (Wildman–Crippen MR) is 124 cm³/mol. The Hall–Kier alpha value is -4.00. The highest BCUT2D eigenvalue weighted by Gasteiger charge is 2.36. The molecule has 0 spiro atoms. The first-order valence-corrected chi connectivity index (χ1v) is 10.7. The molecule has 3 aromatic rings. The Morgan fingerprint density at radius 1 is 1.00 bits per heavy atom. The molecule has 33 heavy (non-hydrogen) atoms. The third kappa shape index (κ3) is 4.92. The van der Waals surface area contributed by atoms with Gasteiger partial charge in [-0.25, -0.2) is 4.39 Å². The minimum atomic E-state index is -0.653. The lowest BCUT2D eigenvalue weighted by molar-refractivity contribution is -0.122. The van der Waals surface area contributed by atoms with Crippen molar-refractivity contribution in [2.24, 2.45) is 5.92 Å². The zero-order valence-electron chi connectivity index (χ0n) is 18.2. The van der Waals surface area contributed by atoms with Crippen molar-refractivity contribution in [1.82, 2.24) is 5.32 Å². The summed E-state index contributed by atoms with van der Waals surface area (Å²) in [4.78, 5) is 39.4. The van der Waals surface area contributed by atoms with E-state index in [9.17, 15) is 18.8 Å². The molecule has 6 nitrogen and oxygen atoms in total. The van der Waals surface area contributed by atoms with Gasteiger partial charge in [-0.15, -0.1) is 0 Å². The quantitative estimate of drug-likeness (QED) is 0.601. The van der Waals surface area contributed by atoms with Gasteiger partial charge in [-0.1, -0.05) is 48.5 Å². The van der Waals surface area contributed by atoms with Crippen LogP contribution in [0.25, 0.3) is 0 Å². The molecule has 1 heterocycles. The second kappa shape index (κ2) is 9.65. The van der Waals surface area contributed by atoms with E-state index in [0.29, 0.717) is 17.8 Å². The van der Waals surface area contributed by atoms with Gasteiger partial charge in [0.1, 0.15) is 5.82 Å². The number of halogens is 1.